The standard InChI is InChI=1S/C10H14ClNO/c11-6-9-7-13-12-10(9)8-4-2-1-3-5-8/h7-8H,1-6H2. The fourth-order valence-electron chi connectivity index (χ4n) is 2.08. The van der Waals surface area contributed by atoms with Crippen LogP contribution in [0.1, 0.15) is 49.3 Å². The SMILES string of the molecule is ClCc1conc1C1CCCCC1. The van der Waals surface area contributed by atoms with Gasteiger partial charge in [0.25, 0.3) is 0 Å². The van der Waals surface area contributed by atoms with Crippen molar-refractivity contribution in [2.75, 3.05) is 0 Å². The largest absolute Gasteiger partial charge is 0.364 e. The third kappa shape index (κ3) is 1.88. The Labute approximate surface area is 83.2 Å². The number of hydrogen-bond donors (Lipinski definition) is 0. The quantitative estimate of drug-likeness (QED) is 0.682. The summed E-state index contributed by atoms with van der Waals surface area (Å²) in [7, 11) is 0. The van der Waals surface area contributed by atoms with Crippen LogP contribution in [0.4, 0.5) is 0 Å². The first-order chi connectivity index (χ1) is 6.42. The normalized spacial score (nSPS) is 19.2. The molecule has 0 aromatic carbocycles. The minimum atomic E-state index is 0.523. The van der Waals surface area contributed by atoms with E-state index >= 15 is 0 Å². The summed E-state index contributed by atoms with van der Waals surface area (Å²) in [6.07, 6.45) is 8.17. The molecule has 2 rings (SSSR count). The highest BCUT2D eigenvalue weighted by Crippen LogP contribution is 2.33. The molecule has 2 nitrogen and oxygen atoms in total. The number of alkyl halides is 1. The Bertz CT molecular complexity index is 266. The van der Waals surface area contributed by atoms with E-state index in [1.54, 1.807) is 6.26 Å². The van der Waals surface area contributed by atoms with Crippen LogP contribution in [0.25, 0.3) is 0 Å². The van der Waals surface area contributed by atoms with Crippen molar-refractivity contribution in [2.24, 2.45) is 0 Å². The molecule has 1 aromatic rings. The summed E-state index contributed by atoms with van der Waals surface area (Å²) >= 11 is 5.79. The Kier molecular flexibility index (Phi) is 2.89. The molecule has 0 bridgehead atoms. The summed E-state index contributed by atoms with van der Waals surface area (Å²) in [5.74, 6) is 1.12. The molecule has 3 heteroatoms. The molecule has 1 fully saturated rings. The van der Waals surface area contributed by atoms with Crippen molar-refractivity contribution in [2.45, 2.75) is 43.9 Å². The second-order valence-corrected chi connectivity index (χ2v) is 3.96. The highest BCUT2D eigenvalue weighted by Gasteiger charge is 2.21. The van der Waals surface area contributed by atoms with Crippen LogP contribution in [0, 0.1) is 0 Å². The Morgan fingerprint density at radius 3 is 2.85 bits per heavy atom. The van der Waals surface area contributed by atoms with Crippen molar-refractivity contribution in [3.8, 4) is 0 Å². The van der Waals surface area contributed by atoms with Crippen LogP contribution < -0.4 is 0 Å². The molecule has 0 N–H and O–H groups in total. The molecule has 13 heavy (non-hydrogen) atoms. The van der Waals surface area contributed by atoms with Gasteiger partial charge in [0.05, 0.1) is 11.6 Å². The zero-order valence-corrected chi connectivity index (χ0v) is 8.39. The molecule has 1 aromatic heterocycles. The minimum Gasteiger partial charge on any atom is -0.364 e. The van der Waals surface area contributed by atoms with E-state index in [1.165, 1.54) is 32.1 Å². The van der Waals surface area contributed by atoms with Gasteiger partial charge in [0.15, 0.2) is 0 Å². The molecule has 0 spiro atoms. The summed E-state index contributed by atoms with van der Waals surface area (Å²) in [5.41, 5.74) is 2.18. The molecular weight excluding hydrogens is 186 g/mol. The lowest BCUT2D eigenvalue weighted by Crippen LogP contribution is -2.06. The van der Waals surface area contributed by atoms with E-state index in [2.05, 4.69) is 5.16 Å². The lowest BCUT2D eigenvalue weighted by atomic mass is 9.86. The van der Waals surface area contributed by atoms with E-state index in [0.717, 1.165) is 11.3 Å². The second kappa shape index (κ2) is 4.14. The van der Waals surface area contributed by atoms with Crippen LogP contribution >= 0.6 is 11.6 Å². The monoisotopic (exact) mass is 199 g/mol. The van der Waals surface area contributed by atoms with E-state index in [4.69, 9.17) is 16.1 Å². The first kappa shape index (κ1) is 9.07. The lowest BCUT2D eigenvalue weighted by molar-refractivity contribution is 0.379. The molecule has 72 valence electrons. The second-order valence-electron chi connectivity index (χ2n) is 3.69. The van der Waals surface area contributed by atoms with Crippen molar-refractivity contribution in [1.82, 2.24) is 5.16 Å². The predicted molar refractivity (Wildman–Crippen MR) is 51.9 cm³/mol. The molecule has 1 aliphatic carbocycles. The maximum atomic E-state index is 5.79. The average Bonchev–Trinajstić information content (AvgIpc) is 2.67. The summed E-state index contributed by atoms with van der Waals surface area (Å²) in [6, 6.07) is 0. The van der Waals surface area contributed by atoms with Gasteiger partial charge >= 0.3 is 0 Å². The summed E-state index contributed by atoms with van der Waals surface area (Å²) in [4.78, 5) is 0. The van der Waals surface area contributed by atoms with Gasteiger partial charge in [-0.25, -0.2) is 0 Å². The van der Waals surface area contributed by atoms with Gasteiger partial charge in [-0.2, -0.15) is 0 Å². The summed E-state index contributed by atoms with van der Waals surface area (Å²) in [5, 5.41) is 4.05. The van der Waals surface area contributed by atoms with Gasteiger partial charge < -0.3 is 4.52 Å². The predicted octanol–water partition coefficient (Wildman–Crippen LogP) is 3.46. The van der Waals surface area contributed by atoms with E-state index in [-0.39, 0.29) is 0 Å². The Balaban J connectivity index is 2.13. The fourth-order valence-corrected chi connectivity index (χ4v) is 2.28. The van der Waals surface area contributed by atoms with E-state index < -0.39 is 0 Å². The topological polar surface area (TPSA) is 26.0 Å². The molecule has 0 unspecified atom stereocenters. The third-order valence-electron chi connectivity index (χ3n) is 2.81. The smallest absolute Gasteiger partial charge is 0.128 e. The van der Waals surface area contributed by atoms with Crippen molar-refractivity contribution >= 4 is 11.6 Å². The number of rotatable bonds is 2. The van der Waals surface area contributed by atoms with Crippen molar-refractivity contribution < 1.29 is 4.52 Å². The molecule has 1 saturated carbocycles. The van der Waals surface area contributed by atoms with Gasteiger partial charge in [0.1, 0.15) is 6.26 Å². The first-order valence-electron chi connectivity index (χ1n) is 4.91. The van der Waals surface area contributed by atoms with Crippen molar-refractivity contribution in [1.29, 1.82) is 0 Å². The highest BCUT2D eigenvalue weighted by atomic mass is 35.5. The number of halogens is 1. The maximum Gasteiger partial charge on any atom is 0.128 e. The van der Waals surface area contributed by atoms with E-state index in [1.807, 2.05) is 0 Å². The van der Waals surface area contributed by atoms with Crippen LogP contribution in [0.5, 0.6) is 0 Å². The van der Waals surface area contributed by atoms with Crippen LogP contribution in [-0.2, 0) is 5.88 Å². The fraction of sp³-hybridized carbons (Fsp3) is 0.700. The lowest BCUT2D eigenvalue weighted by Gasteiger charge is -2.19. The van der Waals surface area contributed by atoms with E-state index in [0.29, 0.717) is 11.8 Å². The van der Waals surface area contributed by atoms with Crippen LogP contribution in [0.2, 0.25) is 0 Å². The Hall–Kier alpha value is -0.500. The van der Waals surface area contributed by atoms with Gasteiger partial charge in [-0.1, -0.05) is 24.4 Å². The molecule has 0 atom stereocenters. The Morgan fingerprint density at radius 1 is 1.38 bits per heavy atom. The van der Waals surface area contributed by atoms with Crippen LogP contribution in [0.3, 0.4) is 0 Å². The van der Waals surface area contributed by atoms with Crippen molar-refractivity contribution in [3.63, 3.8) is 0 Å². The van der Waals surface area contributed by atoms with Gasteiger partial charge in [-0.05, 0) is 12.8 Å². The minimum absolute atomic E-state index is 0.523. The van der Waals surface area contributed by atoms with Crippen LogP contribution in [0.15, 0.2) is 10.8 Å². The average molecular weight is 200 g/mol. The van der Waals surface area contributed by atoms with Crippen LogP contribution in [-0.4, -0.2) is 5.16 Å². The summed E-state index contributed by atoms with van der Waals surface area (Å²) in [6.45, 7) is 0. The molecule has 0 amide bonds. The third-order valence-corrected chi connectivity index (χ3v) is 3.10. The zero-order chi connectivity index (χ0) is 9.10. The number of aromatic nitrogens is 1. The highest BCUT2D eigenvalue weighted by molar-refractivity contribution is 6.17. The number of nitrogens with zero attached hydrogens (tertiary/aromatic N) is 1. The maximum absolute atomic E-state index is 5.79. The molecule has 1 aliphatic rings. The molecular formula is C10H14ClNO. The van der Waals surface area contributed by atoms with Gasteiger partial charge in [-0.3, -0.25) is 0 Å². The van der Waals surface area contributed by atoms with E-state index in [9.17, 15) is 0 Å². The molecule has 0 saturated heterocycles. The summed E-state index contributed by atoms with van der Waals surface area (Å²) < 4.78 is 4.96. The molecule has 0 aliphatic heterocycles. The van der Waals surface area contributed by atoms with Crippen molar-refractivity contribution in [3.05, 3.63) is 17.5 Å². The number of hydrogen-bond acceptors (Lipinski definition) is 2. The first-order valence-corrected chi connectivity index (χ1v) is 5.44. The zero-order valence-electron chi connectivity index (χ0n) is 7.63. The van der Waals surface area contributed by atoms with Gasteiger partial charge in [-0.15, -0.1) is 11.6 Å². The van der Waals surface area contributed by atoms with Gasteiger partial charge in [0, 0.05) is 11.5 Å². The molecule has 1 heterocycles. The molecule has 0 radical (unpaired) electrons. The Morgan fingerprint density at radius 2 is 2.15 bits per heavy atom. The van der Waals surface area contributed by atoms with Gasteiger partial charge in [0.2, 0.25) is 0 Å².